The molecule has 86 valence electrons. The van der Waals surface area contributed by atoms with Crippen LogP contribution in [-0.4, -0.2) is 34.0 Å². The molecule has 0 saturated carbocycles. The van der Waals surface area contributed by atoms with Crippen molar-refractivity contribution >= 4 is 5.97 Å². The molecule has 1 atom stereocenters. The normalized spacial score (nSPS) is 11.4. The number of hydrogen-bond donors (Lipinski definition) is 3. The highest BCUT2D eigenvalue weighted by Gasteiger charge is 1.93. The van der Waals surface area contributed by atoms with E-state index in [4.69, 9.17) is 15.3 Å². The maximum Gasteiger partial charge on any atom is 0.303 e. The van der Waals surface area contributed by atoms with Crippen LogP contribution in [0.3, 0.4) is 0 Å². The van der Waals surface area contributed by atoms with Crippen LogP contribution in [0, 0.1) is 0 Å². The van der Waals surface area contributed by atoms with E-state index in [1.165, 1.54) is 13.3 Å². The summed E-state index contributed by atoms with van der Waals surface area (Å²) in [7, 11) is 0. The van der Waals surface area contributed by atoms with Crippen LogP contribution >= 0.6 is 0 Å². The molecule has 0 fully saturated rings. The smallest absolute Gasteiger partial charge is 0.303 e. The van der Waals surface area contributed by atoms with E-state index >= 15 is 0 Å². The summed E-state index contributed by atoms with van der Waals surface area (Å²) in [6, 6.07) is 0. The SMILES string of the molecule is CC(O)CO.CCCCCCC(=O)O. The fourth-order valence-electron chi connectivity index (χ4n) is 0.703. The molecular formula is C10H22O4. The van der Waals surface area contributed by atoms with E-state index in [1.807, 2.05) is 0 Å². The van der Waals surface area contributed by atoms with E-state index in [2.05, 4.69) is 6.92 Å². The van der Waals surface area contributed by atoms with Crippen molar-refractivity contribution < 1.29 is 20.1 Å². The molecule has 0 aromatic heterocycles. The molecule has 14 heavy (non-hydrogen) atoms. The quantitative estimate of drug-likeness (QED) is 0.574. The molecule has 3 N–H and O–H groups in total. The lowest BCUT2D eigenvalue weighted by molar-refractivity contribution is -0.137. The number of aliphatic hydroxyl groups is 2. The van der Waals surface area contributed by atoms with Crippen LogP contribution in [0.5, 0.6) is 0 Å². The molecule has 0 spiro atoms. The summed E-state index contributed by atoms with van der Waals surface area (Å²) in [6.45, 7) is 3.50. The lowest BCUT2D eigenvalue weighted by Crippen LogP contribution is -2.03. The number of rotatable bonds is 6. The molecule has 0 saturated heterocycles. The maximum absolute atomic E-state index is 9.96. The Morgan fingerprint density at radius 2 is 1.79 bits per heavy atom. The van der Waals surface area contributed by atoms with E-state index in [9.17, 15) is 4.79 Å². The van der Waals surface area contributed by atoms with Crippen LogP contribution in [0.4, 0.5) is 0 Å². The minimum Gasteiger partial charge on any atom is -0.481 e. The van der Waals surface area contributed by atoms with E-state index < -0.39 is 12.1 Å². The largest absolute Gasteiger partial charge is 0.481 e. The molecule has 0 aromatic carbocycles. The molecule has 0 rings (SSSR count). The molecule has 4 heteroatoms. The van der Waals surface area contributed by atoms with Gasteiger partial charge in [0, 0.05) is 6.42 Å². The average molecular weight is 206 g/mol. The molecule has 0 radical (unpaired) electrons. The van der Waals surface area contributed by atoms with Gasteiger partial charge in [-0.3, -0.25) is 4.79 Å². The summed E-state index contributed by atoms with van der Waals surface area (Å²) in [6.07, 6.45) is 3.99. The monoisotopic (exact) mass is 206 g/mol. The van der Waals surface area contributed by atoms with Gasteiger partial charge in [-0.25, -0.2) is 0 Å². The van der Waals surface area contributed by atoms with Crippen molar-refractivity contribution in [1.29, 1.82) is 0 Å². The predicted octanol–water partition coefficient (Wildman–Crippen LogP) is 1.40. The van der Waals surface area contributed by atoms with Crippen molar-refractivity contribution in [1.82, 2.24) is 0 Å². The Morgan fingerprint density at radius 3 is 2.07 bits per heavy atom. The van der Waals surface area contributed by atoms with Crippen LogP contribution in [0.2, 0.25) is 0 Å². The van der Waals surface area contributed by atoms with Gasteiger partial charge in [0.15, 0.2) is 0 Å². The summed E-state index contributed by atoms with van der Waals surface area (Å²) in [5, 5.41) is 24.2. The standard InChI is InChI=1S/C7H14O2.C3H8O2/c1-2-3-4-5-6-7(8)9;1-3(5)2-4/h2-6H2,1H3,(H,8,9);3-5H,2H2,1H3. The number of carboxylic acid groups (broad SMARTS) is 1. The Hall–Kier alpha value is -0.610. The first-order valence-corrected chi connectivity index (χ1v) is 5.05. The van der Waals surface area contributed by atoms with Gasteiger partial charge in [-0.2, -0.15) is 0 Å². The number of unbranched alkanes of at least 4 members (excludes halogenated alkanes) is 3. The highest BCUT2D eigenvalue weighted by atomic mass is 16.4. The Labute approximate surface area is 85.6 Å². The average Bonchev–Trinajstić information content (AvgIpc) is 2.13. The Kier molecular flexibility index (Phi) is 14.0. The summed E-state index contributed by atoms with van der Waals surface area (Å²) >= 11 is 0. The van der Waals surface area contributed by atoms with E-state index in [1.54, 1.807) is 0 Å². The van der Waals surface area contributed by atoms with Gasteiger partial charge in [0.1, 0.15) is 0 Å². The van der Waals surface area contributed by atoms with Crippen molar-refractivity contribution in [2.45, 2.75) is 52.1 Å². The molecule has 0 heterocycles. The van der Waals surface area contributed by atoms with Crippen molar-refractivity contribution in [3.63, 3.8) is 0 Å². The minimum absolute atomic E-state index is 0.139. The lowest BCUT2D eigenvalue weighted by Gasteiger charge is -1.92. The second kappa shape index (κ2) is 12.4. The van der Waals surface area contributed by atoms with Crippen LogP contribution in [0.1, 0.15) is 46.0 Å². The van der Waals surface area contributed by atoms with E-state index in [0.717, 1.165) is 19.3 Å². The second-order valence-corrected chi connectivity index (χ2v) is 3.24. The number of carbonyl (C=O) groups is 1. The lowest BCUT2D eigenvalue weighted by atomic mass is 10.2. The molecule has 0 aliphatic heterocycles. The van der Waals surface area contributed by atoms with Gasteiger partial charge >= 0.3 is 5.97 Å². The molecule has 4 nitrogen and oxygen atoms in total. The second-order valence-electron chi connectivity index (χ2n) is 3.24. The third-order valence-electron chi connectivity index (χ3n) is 1.51. The molecule has 1 unspecified atom stereocenters. The molecule has 0 aromatic rings. The van der Waals surface area contributed by atoms with Crippen LogP contribution in [0.15, 0.2) is 0 Å². The fourth-order valence-corrected chi connectivity index (χ4v) is 0.703. The highest BCUT2D eigenvalue weighted by molar-refractivity contribution is 5.66. The molecular weight excluding hydrogens is 184 g/mol. The molecule has 0 aliphatic rings. The van der Waals surface area contributed by atoms with Gasteiger partial charge in [-0.1, -0.05) is 26.2 Å². The van der Waals surface area contributed by atoms with Crippen LogP contribution in [-0.2, 0) is 4.79 Å². The molecule has 0 bridgehead atoms. The number of aliphatic carboxylic acids is 1. The van der Waals surface area contributed by atoms with Gasteiger partial charge in [-0.05, 0) is 13.3 Å². The summed E-state index contributed by atoms with van der Waals surface area (Å²) in [4.78, 5) is 9.96. The highest BCUT2D eigenvalue weighted by Crippen LogP contribution is 2.01. The van der Waals surface area contributed by atoms with Gasteiger partial charge in [0.05, 0.1) is 12.7 Å². The molecule has 0 amide bonds. The van der Waals surface area contributed by atoms with Crippen LogP contribution < -0.4 is 0 Å². The zero-order valence-corrected chi connectivity index (χ0v) is 9.07. The Balaban J connectivity index is 0. The first kappa shape index (κ1) is 15.8. The zero-order valence-electron chi connectivity index (χ0n) is 9.07. The summed E-state index contributed by atoms with van der Waals surface area (Å²) in [5.41, 5.74) is 0. The van der Waals surface area contributed by atoms with E-state index in [-0.39, 0.29) is 6.61 Å². The topological polar surface area (TPSA) is 77.8 Å². The first-order chi connectivity index (χ1) is 6.54. The fraction of sp³-hybridized carbons (Fsp3) is 0.900. The Bertz CT molecular complexity index is 123. The zero-order chi connectivity index (χ0) is 11.4. The van der Waals surface area contributed by atoms with Gasteiger partial charge in [-0.15, -0.1) is 0 Å². The predicted molar refractivity (Wildman–Crippen MR) is 55.2 cm³/mol. The van der Waals surface area contributed by atoms with Gasteiger partial charge in [0.2, 0.25) is 0 Å². The van der Waals surface area contributed by atoms with Crippen molar-refractivity contribution in [2.24, 2.45) is 0 Å². The summed E-state index contributed by atoms with van der Waals surface area (Å²) in [5.74, 6) is -0.675. The van der Waals surface area contributed by atoms with Crippen LogP contribution in [0.25, 0.3) is 0 Å². The number of carboxylic acids is 1. The number of hydrogen-bond acceptors (Lipinski definition) is 3. The third kappa shape index (κ3) is 22.5. The van der Waals surface area contributed by atoms with Gasteiger partial charge < -0.3 is 15.3 Å². The van der Waals surface area contributed by atoms with Crippen molar-refractivity contribution in [3.05, 3.63) is 0 Å². The Morgan fingerprint density at radius 1 is 1.29 bits per heavy atom. The number of aliphatic hydroxyl groups excluding tert-OH is 2. The van der Waals surface area contributed by atoms with Crippen molar-refractivity contribution in [2.75, 3.05) is 6.61 Å². The third-order valence-corrected chi connectivity index (χ3v) is 1.51. The minimum atomic E-state index is -0.675. The van der Waals surface area contributed by atoms with E-state index in [0.29, 0.717) is 6.42 Å². The maximum atomic E-state index is 9.96. The summed E-state index contributed by atoms with van der Waals surface area (Å²) < 4.78 is 0. The molecule has 0 aliphatic carbocycles. The van der Waals surface area contributed by atoms with Crippen molar-refractivity contribution in [3.8, 4) is 0 Å². The first-order valence-electron chi connectivity index (χ1n) is 5.05. The van der Waals surface area contributed by atoms with Gasteiger partial charge in [0.25, 0.3) is 0 Å².